The number of ether oxygens (including phenoxy) is 1. The van der Waals surface area contributed by atoms with Crippen molar-refractivity contribution in [2.24, 2.45) is 0 Å². The summed E-state index contributed by atoms with van der Waals surface area (Å²) in [5, 5.41) is 4.55. The summed E-state index contributed by atoms with van der Waals surface area (Å²) in [6.07, 6.45) is 0.770. The first-order valence-corrected chi connectivity index (χ1v) is 9.70. The molecule has 0 saturated heterocycles. The summed E-state index contributed by atoms with van der Waals surface area (Å²) in [7, 11) is -2.18. The topological polar surface area (TPSA) is 68.5 Å². The van der Waals surface area contributed by atoms with Crippen molar-refractivity contribution in [3.8, 4) is 5.75 Å². The maximum atomic E-state index is 13.0. The molecule has 0 bridgehead atoms. The molecule has 0 radical (unpaired) electrons. The summed E-state index contributed by atoms with van der Waals surface area (Å²) >= 11 is 5.86. The van der Waals surface area contributed by atoms with Crippen molar-refractivity contribution < 1.29 is 17.6 Å². The van der Waals surface area contributed by atoms with Crippen LogP contribution in [0, 0.1) is 0 Å². The van der Waals surface area contributed by atoms with Crippen molar-refractivity contribution in [1.82, 2.24) is 5.32 Å². The van der Waals surface area contributed by atoms with Crippen molar-refractivity contribution in [1.29, 1.82) is 0 Å². The van der Waals surface area contributed by atoms with Crippen LogP contribution in [0.5, 0.6) is 5.75 Å². The fourth-order valence-electron chi connectivity index (χ4n) is 3.11. The highest BCUT2D eigenvalue weighted by Crippen LogP contribution is 2.38. The number of nitrogens with one attached hydrogen (secondary N) is 1. The van der Waals surface area contributed by atoms with E-state index in [0.717, 1.165) is 29.7 Å². The van der Waals surface area contributed by atoms with Crippen LogP contribution >= 0.6 is 24.0 Å². The zero-order valence-electron chi connectivity index (χ0n) is 13.9. The van der Waals surface area contributed by atoms with Gasteiger partial charge in [-0.25, -0.2) is 8.42 Å². The average molecular weight is 414 g/mol. The molecule has 0 unspecified atom stereocenters. The third-order valence-corrected chi connectivity index (χ3v) is 6.40. The molecule has 3 aromatic rings. The number of benzene rings is 2. The number of rotatable bonds is 3. The van der Waals surface area contributed by atoms with Gasteiger partial charge in [0.2, 0.25) is 9.84 Å². The monoisotopic (exact) mass is 413 g/mol. The lowest BCUT2D eigenvalue weighted by molar-refractivity contribution is 0.404. The molecule has 2 aromatic carbocycles. The lowest BCUT2D eigenvalue weighted by atomic mass is 10.1. The molecule has 8 heteroatoms. The summed E-state index contributed by atoms with van der Waals surface area (Å²) in [5.74, 6) is 1.30. The Morgan fingerprint density at radius 2 is 1.88 bits per heavy atom. The van der Waals surface area contributed by atoms with Crippen LogP contribution in [0.25, 0.3) is 11.0 Å². The second-order valence-electron chi connectivity index (χ2n) is 5.89. The van der Waals surface area contributed by atoms with Crippen molar-refractivity contribution in [3.05, 3.63) is 52.7 Å². The molecule has 2 heterocycles. The summed E-state index contributed by atoms with van der Waals surface area (Å²) in [6, 6.07) is 9.30. The van der Waals surface area contributed by atoms with E-state index >= 15 is 0 Å². The molecule has 0 spiro atoms. The van der Waals surface area contributed by atoms with Gasteiger partial charge in [0.05, 0.1) is 16.9 Å². The first-order valence-electron chi connectivity index (χ1n) is 7.84. The highest BCUT2D eigenvalue weighted by molar-refractivity contribution is 7.91. The van der Waals surface area contributed by atoms with Crippen LogP contribution < -0.4 is 10.1 Å². The maximum absolute atomic E-state index is 13.0. The molecular formula is C18H17Cl2NO4S. The molecule has 138 valence electrons. The van der Waals surface area contributed by atoms with Gasteiger partial charge in [0.25, 0.3) is 0 Å². The second-order valence-corrected chi connectivity index (χ2v) is 8.28. The number of hydrogen-bond donors (Lipinski definition) is 1. The molecule has 1 aromatic heterocycles. The zero-order chi connectivity index (χ0) is 17.6. The van der Waals surface area contributed by atoms with Crippen LogP contribution in [-0.4, -0.2) is 22.1 Å². The first kappa shape index (κ1) is 19.0. The molecule has 1 aliphatic rings. The lowest BCUT2D eigenvalue weighted by Crippen LogP contribution is -2.22. The Balaban J connectivity index is 0.00000196. The van der Waals surface area contributed by atoms with E-state index in [0.29, 0.717) is 22.9 Å². The van der Waals surface area contributed by atoms with Crippen molar-refractivity contribution >= 4 is 44.8 Å². The van der Waals surface area contributed by atoms with Crippen molar-refractivity contribution in [3.63, 3.8) is 0 Å². The molecular weight excluding hydrogens is 397 g/mol. The Bertz CT molecular complexity index is 1060. The van der Waals surface area contributed by atoms with Gasteiger partial charge in [-0.05, 0) is 30.3 Å². The van der Waals surface area contributed by atoms with Gasteiger partial charge in [0.15, 0.2) is 11.3 Å². The Morgan fingerprint density at radius 3 is 2.58 bits per heavy atom. The minimum atomic E-state index is -3.68. The summed E-state index contributed by atoms with van der Waals surface area (Å²) in [4.78, 5) is 0.363. The largest absolute Gasteiger partial charge is 0.493 e. The average Bonchev–Trinajstić information content (AvgIpc) is 3.00. The molecule has 0 aliphatic carbocycles. The number of sulfone groups is 1. The summed E-state index contributed by atoms with van der Waals surface area (Å²) in [6.45, 7) is 1.49. The van der Waals surface area contributed by atoms with Crippen LogP contribution in [0.2, 0.25) is 5.02 Å². The third kappa shape index (κ3) is 3.07. The molecule has 26 heavy (non-hydrogen) atoms. The van der Waals surface area contributed by atoms with E-state index in [4.69, 9.17) is 20.8 Å². The van der Waals surface area contributed by atoms with Crippen molar-refractivity contribution in [2.45, 2.75) is 22.8 Å². The smallest absolute Gasteiger partial charge is 0.206 e. The number of halogens is 2. The normalized spacial score (nSPS) is 13.9. The van der Waals surface area contributed by atoms with Crippen LogP contribution in [-0.2, 0) is 22.8 Å². The van der Waals surface area contributed by atoms with Crippen molar-refractivity contribution in [2.75, 3.05) is 13.7 Å². The fourth-order valence-corrected chi connectivity index (χ4v) is 4.54. The number of methoxy groups -OCH3 is 1. The van der Waals surface area contributed by atoms with E-state index in [1.54, 1.807) is 18.2 Å². The van der Waals surface area contributed by atoms with Gasteiger partial charge >= 0.3 is 0 Å². The van der Waals surface area contributed by atoms with Crippen LogP contribution in [0.15, 0.2) is 50.6 Å². The van der Waals surface area contributed by atoms with E-state index in [9.17, 15) is 8.42 Å². The molecule has 0 amide bonds. The van der Waals surface area contributed by atoms with E-state index in [-0.39, 0.29) is 22.2 Å². The first-order chi connectivity index (χ1) is 12.0. The van der Waals surface area contributed by atoms with Gasteiger partial charge in [-0.3, -0.25) is 0 Å². The molecule has 0 atom stereocenters. The minimum absolute atomic E-state index is 0. The third-order valence-electron chi connectivity index (χ3n) is 4.40. The van der Waals surface area contributed by atoms with Gasteiger partial charge in [0.1, 0.15) is 5.76 Å². The van der Waals surface area contributed by atoms with Gasteiger partial charge in [-0.2, -0.15) is 0 Å². The molecule has 0 saturated carbocycles. The van der Waals surface area contributed by atoms with E-state index in [1.807, 2.05) is 0 Å². The Kier molecular flexibility index (Phi) is 5.21. The lowest BCUT2D eigenvalue weighted by Gasteiger charge is -2.11. The fraction of sp³-hybridized carbons (Fsp3) is 0.222. The van der Waals surface area contributed by atoms with Gasteiger partial charge < -0.3 is 14.5 Å². The second kappa shape index (κ2) is 7.12. The highest BCUT2D eigenvalue weighted by Gasteiger charge is 2.25. The standard InChI is InChI=1S/C18H16ClNO4S.ClH/c1-23-17-9-13(25(21,22)12-4-2-11(19)3-5-12)8-14-15-10-20-7-6-16(15)24-18(14)17;/h2-5,8-9,20H,6-7,10H2,1H3;1H. The number of fused-ring (bicyclic) bond motifs is 3. The van der Waals surface area contributed by atoms with Gasteiger partial charge in [-0.1, -0.05) is 11.6 Å². The Labute approximate surface area is 162 Å². The quantitative estimate of drug-likeness (QED) is 0.702. The predicted molar refractivity (Wildman–Crippen MR) is 102 cm³/mol. The summed E-state index contributed by atoms with van der Waals surface area (Å²) < 4.78 is 37.3. The molecule has 1 N–H and O–H groups in total. The highest BCUT2D eigenvalue weighted by atomic mass is 35.5. The molecule has 4 rings (SSSR count). The number of furan rings is 1. The number of hydrogen-bond acceptors (Lipinski definition) is 5. The van der Waals surface area contributed by atoms with Crippen LogP contribution in [0.1, 0.15) is 11.3 Å². The van der Waals surface area contributed by atoms with Crippen LogP contribution in [0.3, 0.4) is 0 Å². The molecule has 5 nitrogen and oxygen atoms in total. The molecule has 0 fully saturated rings. The zero-order valence-corrected chi connectivity index (χ0v) is 16.3. The Hall–Kier alpha value is -1.73. The van der Waals surface area contributed by atoms with E-state index < -0.39 is 9.84 Å². The minimum Gasteiger partial charge on any atom is -0.493 e. The van der Waals surface area contributed by atoms with E-state index in [2.05, 4.69) is 5.32 Å². The Morgan fingerprint density at radius 1 is 1.15 bits per heavy atom. The van der Waals surface area contributed by atoms with Gasteiger partial charge in [0, 0.05) is 41.5 Å². The predicted octanol–water partition coefficient (Wildman–Crippen LogP) is 4.00. The molecule has 1 aliphatic heterocycles. The summed E-state index contributed by atoms with van der Waals surface area (Å²) in [5.41, 5.74) is 1.58. The van der Waals surface area contributed by atoms with Crippen LogP contribution in [0.4, 0.5) is 0 Å². The van der Waals surface area contributed by atoms with E-state index in [1.165, 1.54) is 25.3 Å². The van der Waals surface area contributed by atoms with Gasteiger partial charge in [-0.15, -0.1) is 12.4 Å². The SMILES string of the molecule is COc1cc(S(=O)(=O)c2ccc(Cl)cc2)cc2c3c(oc12)CCNC3.Cl. The maximum Gasteiger partial charge on any atom is 0.206 e.